The maximum atomic E-state index is 9.43. The van der Waals surface area contributed by atoms with Gasteiger partial charge >= 0.3 is 0 Å². The van der Waals surface area contributed by atoms with E-state index in [1.165, 1.54) is 19.3 Å². The molecule has 2 heterocycles. The van der Waals surface area contributed by atoms with Gasteiger partial charge < -0.3 is 10.0 Å². The fourth-order valence-corrected chi connectivity index (χ4v) is 3.57. The van der Waals surface area contributed by atoms with Gasteiger partial charge in [0.15, 0.2) is 0 Å². The molecule has 1 aromatic heterocycles. The van der Waals surface area contributed by atoms with Gasteiger partial charge in [-0.15, -0.1) is 0 Å². The Hall–Kier alpha value is -1.09. The number of aromatic nitrogens is 1. The largest absolute Gasteiger partial charge is 0.392 e. The maximum absolute atomic E-state index is 9.43. The van der Waals surface area contributed by atoms with Crippen molar-refractivity contribution >= 4 is 5.82 Å². The molecule has 104 valence electrons. The number of anilines is 1. The molecule has 1 saturated heterocycles. The van der Waals surface area contributed by atoms with Crippen LogP contribution in [0.2, 0.25) is 0 Å². The lowest BCUT2D eigenvalue weighted by atomic mass is 10.0. The minimum absolute atomic E-state index is 0.107. The van der Waals surface area contributed by atoms with E-state index in [-0.39, 0.29) is 6.61 Å². The van der Waals surface area contributed by atoms with Crippen molar-refractivity contribution in [3.63, 3.8) is 0 Å². The third-order valence-electron chi connectivity index (χ3n) is 4.72. The van der Waals surface area contributed by atoms with Crippen LogP contribution in [0.4, 0.5) is 5.82 Å². The molecule has 0 aromatic carbocycles. The van der Waals surface area contributed by atoms with Gasteiger partial charge in [-0.25, -0.2) is 4.98 Å². The molecule has 1 N–H and O–H groups in total. The van der Waals surface area contributed by atoms with Gasteiger partial charge in [0.25, 0.3) is 0 Å². The summed E-state index contributed by atoms with van der Waals surface area (Å²) in [6.45, 7) is 6.74. The standard InChI is InChI=1S/C16H24N2O/c1-11(2)15-6-12(10-19)7-16(17-15)18-8-13-4-3-5-14(13)9-18/h6-7,11,13-14,19H,3-5,8-10H2,1-2H3. The Morgan fingerprint density at radius 2 is 1.95 bits per heavy atom. The lowest BCUT2D eigenvalue weighted by Gasteiger charge is -2.21. The molecular weight excluding hydrogens is 236 g/mol. The molecule has 0 bridgehead atoms. The Bertz CT molecular complexity index is 446. The molecule has 2 unspecified atom stereocenters. The Balaban J connectivity index is 1.86. The van der Waals surface area contributed by atoms with Crippen LogP contribution in [-0.2, 0) is 6.61 Å². The summed E-state index contributed by atoms with van der Waals surface area (Å²) < 4.78 is 0. The minimum Gasteiger partial charge on any atom is -0.392 e. The highest BCUT2D eigenvalue weighted by Crippen LogP contribution is 2.39. The molecule has 3 rings (SSSR count). The molecule has 1 aromatic rings. The fraction of sp³-hybridized carbons (Fsp3) is 0.688. The molecule has 0 radical (unpaired) electrons. The molecular formula is C16H24N2O. The lowest BCUT2D eigenvalue weighted by molar-refractivity contribution is 0.281. The molecule has 19 heavy (non-hydrogen) atoms. The number of aliphatic hydroxyl groups is 1. The second kappa shape index (κ2) is 5.12. The third-order valence-corrected chi connectivity index (χ3v) is 4.72. The van der Waals surface area contributed by atoms with Crippen LogP contribution in [-0.4, -0.2) is 23.2 Å². The van der Waals surface area contributed by atoms with Crippen molar-refractivity contribution in [2.24, 2.45) is 11.8 Å². The maximum Gasteiger partial charge on any atom is 0.129 e. The van der Waals surface area contributed by atoms with Gasteiger partial charge in [-0.1, -0.05) is 20.3 Å². The van der Waals surface area contributed by atoms with Gasteiger partial charge in [0.05, 0.1) is 6.61 Å². The molecule has 1 aliphatic carbocycles. The molecule has 2 fully saturated rings. The average molecular weight is 260 g/mol. The van der Waals surface area contributed by atoms with Crippen LogP contribution in [0.1, 0.15) is 50.3 Å². The predicted octanol–water partition coefficient (Wildman–Crippen LogP) is 2.93. The Kier molecular flexibility index (Phi) is 3.48. The van der Waals surface area contributed by atoms with Crippen molar-refractivity contribution in [1.29, 1.82) is 0 Å². The number of hydrogen-bond donors (Lipinski definition) is 1. The number of pyridine rings is 1. The smallest absolute Gasteiger partial charge is 0.129 e. The zero-order valence-corrected chi connectivity index (χ0v) is 12.0. The van der Waals surface area contributed by atoms with Crippen LogP contribution >= 0.6 is 0 Å². The second-order valence-electron chi connectivity index (χ2n) is 6.43. The number of nitrogens with zero attached hydrogens (tertiary/aromatic N) is 2. The van der Waals surface area contributed by atoms with Crippen molar-refractivity contribution in [3.8, 4) is 0 Å². The van der Waals surface area contributed by atoms with E-state index in [4.69, 9.17) is 4.98 Å². The highest BCUT2D eigenvalue weighted by Gasteiger charge is 2.36. The molecule has 1 saturated carbocycles. The monoisotopic (exact) mass is 260 g/mol. The average Bonchev–Trinajstić information content (AvgIpc) is 2.98. The van der Waals surface area contributed by atoms with E-state index in [2.05, 4.69) is 24.8 Å². The molecule has 1 aliphatic heterocycles. The quantitative estimate of drug-likeness (QED) is 0.907. The van der Waals surface area contributed by atoms with E-state index in [0.29, 0.717) is 5.92 Å². The van der Waals surface area contributed by atoms with Crippen molar-refractivity contribution < 1.29 is 5.11 Å². The third kappa shape index (κ3) is 2.48. The van der Waals surface area contributed by atoms with Gasteiger partial charge in [-0.2, -0.15) is 0 Å². The zero-order valence-electron chi connectivity index (χ0n) is 12.0. The minimum atomic E-state index is 0.107. The first-order valence-corrected chi connectivity index (χ1v) is 7.54. The number of aliphatic hydroxyl groups excluding tert-OH is 1. The van der Waals surface area contributed by atoms with E-state index < -0.39 is 0 Å². The Morgan fingerprint density at radius 1 is 1.26 bits per heavy atom. The normalized spacial score (nSPS) is 26.2. The van der Waals surface area contributed by atoms with Crippen molar-refractivity contribution in [2.75, 3.05) is 18.0 Å². The molecule has 3 heteroatoms. The molecule has 3 nitrogen and oxygen atoms in total. The van der Waals surface area contributed by atoms with Gasteiger partial charge in [-0.05, 0) is 48.3 Å². The SMILES string of the molecule is CC(C)c1cc(CO)cc(N2CC3CCCC3C2)n1. The van der Waals surface area contributed by atoms with E-state index in [0.717, 1.165) is 42.0 Å². The summed E-state index contributed by atoms with van der Waals surface area (Å²) in [6.07, 6.45) is 4.18. The summed E-state index contributed by atoms with van der Waals surface area (Å²) in [6, 6.07) is 4.10. The number of rotatable bonds is 3. The van der Waals surface area contributed by atoms with Gasteiger partial charge in [-0.3, -0.25) is 0 Å². The molecule has 0 spiro atoms. The van der Waals surface area contributed by atoms with Gasteiger partial charge in [0, 0.05) is 18.8 Å². The summed E-state index contributed by atoms with van der Waals surface area (Å²) in [4.78, 5) is 7.24. The van der Waals surface area contributed by atoms with Crippen LogP contribution in [0.5, 0.6) is 0 Å². The summed E-state index contributed by atoms with van der Waals surface area (Å²) in [7, 11) is 0. The number of fused-ring (bicyclic) bond motifs is 1. The molecule has 2 aliphatic rings. The van der Waals surface area contributed by atoms with Gasteiger partial charge in [0.1, 0.15) is 5.82 Å². The van der Waals surface area contributed by atoms with Crippen LogP contribution in [0.15, 0.2) is 12.1 Å². The van der Waals surface area contributed by atoms with E-state index in [9.17, 15) is 5.11 Å². The Labute approximate surface area is 115 Å². The summed E-state index contributed by atoms with van der Waals surface area (Å²) >= 11 is 0. The highest BCUT2D eigenvalue weighted by molar-refractivity contribution is 5.44. The molecule has 0 amide bonds. The summed E-state index contributed by atoms with van der Waals surface area (Å²) in [5.74, 6) is 3.24. The highest BCUT2D eigenvalue weighted by atomic mass is 16.3. The fourth-order valence-electron chi connectivity index (χ4n) is 3.57. The first-order valence-electron chi connectivity index (χ1n) is 7.54. The van der Waals surface area contributed by atoms with E-state index >= 15 is 0 Å². The summed E-state index contributed by atoms with van der Waals surface area (Å²) in [5.41, 5.74) is 2.09. The van der Waals surface area contributed by atoms with Crippen LogP contribution in [0, 0.1) is 11.8 Å². The number of hydrogen-bond acceptors (Lipinski definition) is 3. The predicted molar refractivity (Wildman–Crippen MR) is 77.3 cm³/mol. The molecule has 2 atom stereocenters. The van der Waals surface area contributed by atoms with Crippen LogP contribution in [0.25, 0.3) is 0 Å². The van der Waals surface area contributed by atoms with Crippen molar-refractivity contribution in [1.82, 2.24) is 4.98 Å². The van der Waals surface area contributed by atoms with E-state index in [1.807, 2.05) is 6.07 Å². The lowest BCUT2D eigenvalue weighted by Crippen LogP contribution is -2.22. The summed E-state index contributed by atoms with van der Waals surface area (Å²) in [5, 5.41) is 9.43. The first-order chi connectivity index (χ1) is 9.17. The first kappa shape index (κ1) is 12.9. The van der Waals surface area contributed by atoms with Gasteiger partial charge in [0.2, 0.25) is 0 Å². The topological polar surface area (TPSA) is 36.4 Å². The van der Waals surface area contributed by atoms with Crippen LogP contribution < -0.4 is 4.90 Å². The van der Waals surface area contributed by atoms with Crippen molar-refractivity contribution in [3.05, 3.63) is 23.4 Å². The second-order valence-corrected chi connectivity index (χ2v) is 6.43. The Morgan fingerprint density at radius 3 is 2.53 bits per heavy atom. The van der Waals surface area contributed by atoms with Crippen LogP contribution in [0.3, 0.4) is 0 Å². The zero-order chi connectivity index (χ0) is 13.4. The van der Waals surface area contributed by atoms with Crippen molar-refractivity contribution in [2.45, 2.75) is 45.6 Å². The van der Waals surface area contributed by atoms with E-state index in [1.54, 1.807) is 0 Å².